The topological polar surface area (TPSA) is 32.7 Å². The zero-order valence-electron chi connectivity index (χ0n) is 6.92. The number of amides is 1. The Kier molecular flexibility index (Phi) is 1.92. The van der Waals surface area contributed by atoms with Gasteiger partial charge in [-0.2, -0.15) is 0 Å². The summed E-state index contributed by atoms with van der Waals surface area (Å²) in [5, 5.41) is 0. The standard InChI is InChI=1S/C10H8N2O/c13-8-12-6-5-11-7-9-3-1-2-4-10(9)12/h1-8H. The molecule has 0 saturated heterocycles. The van der Waals surface area contributed by atoms with Gasteiger partial charge in [-0.05, 0) is 6.07 Å². The highest BCUT2D eigenvalue weighted by atomic mass is 16.1. The molecule has 0 aromatic heterocycles. The zero-order valence-corrected chi connectivity index (χ0v) is 6.92. The number of carbonyl (C=O) groups is 1. The summed E-state index contributed by atoms with van der Waals surface area (Å²) in [5.74, 6) is 0. The maximum absolute atomic E-state index is 10.7. The number of hydrogen-bond donors (Lipinski definition) is 0. The first-order valence-electron chi connectivity index (χ1n) is 3.94. The Hall–Kier alpha value is -1.90. The van der Waals surface area contributed by atoms with Crippen LogP contribution in [0.1, 0.15) is 5.56 Å². The van der Waals surface area contributed by atoms with Crippen molar-refractivity contribution >= 4 is 18.3 Å². The molecule has 0 fully saturated rings. The summed E-state index contributed by atoms with van der Waals surface area (Å²) in [6.07, 6.45) is 5.73. The predicted molar refractivity (Wildman–Crippen MR) is 51.7 cm³/mol. The molecule has 0 aliphatic carbocycles. The Morgan fingerprint density at radius 3 is 3.00 bits per heavy atom. The molecule has 1 aromatic carbocycles. The molecule has 1 aromatic rings. The van der Waals surface area contributed by atoms with Gasteiger partial charge >= 0.3 is 0 Å². The minimum absolute atomic E-state index is 0.768. The summed E-state index contributed by atoms with van der Waals surface area (Å²) in [7, 11) is 0. The molecule has 0 N–H and O–H groups in total. The van der Waals surface area contributed by atoms with Crippen LogP contribution in [0.25, 0.3) is 0 Å². The monoisotopic (exact) mass is 172 g/mol. The lowest BCUT2D eigenvalue weighted by Gasteiger charge is -2.12. The average Bonchev–Trinajstić information content (AvgIpc) is 2.39. The van der Waals surface area contributed by atoms with E-state index in [2.05, 4.69) is 4.99 Å². The van der Waals surface area contributed by atoms with Crippen molar-refractivity contribution in [3.05, 3.63) is 42.2 Å². The number of aliphatic imine (C=N–C) groups is 1. The number of hydrogen-bond acceptors (Lipinski definition) is 2. The summed E-state index contributed by atoms with van der Waals surface area (Å²) in [6.45, 7) is 0. The number of anilines is 1. The third kappa shape index (κ3) is 1.36. The van der Waals surface area contributed by atoms with E-state index in [1.165, 1.54) is 4.90 Å². The number of para-hydroxylation sites is 1. The molecule has 0 unspecified atom stereocenters. The summed E-state index contributed by atoms with van der Waals surface area (Å²) in [4.78, 5) is 16.2. The smallest absolute Gasteiger partial charge is 0.218 e. The van der Waals surface area contributed by atoms with Crippen LogP contribution in [-0.4, -0.2) is 12.6 Å². The molecule has 0 bridgehead atoms. The second kappa shape index (κ2) is 3.23. The van der Waals surface area contributed by atoms with Gasteiger partial charge in [-0.3, -0.25) is 14.7 Å². The Morgan fingerprint density at radius 2 is 2.15 bits per heavy atom. The lowest BCUT2D eigenvalue weighted by Crippen LogP contribution is -2.13. The first kappa shape index (κ1) is 7.73. The van der Waals surface area contributed by atoms with Crippen LogP contribution in [0.5, 0.6) is 0 Å². The molecule has 2 rings (SSSR count). The van der Waals surface area contributed by atoms with Gasteiger partial charge in [0.1, 0.15) is 0 Å². The summed E-state index contributed by atoms with van der Waals surface area (Å²) in [6, 6.07) is 7.61. The Labute approximate surface area is 76.0 Å². The maximum atomic E-state index is 10.7. The van der Waals surface area contributed by atoms with Crippen molar-refractivity contribution in [2.45, 2.75) is 0 Å². The Morgan fingerprint density at radius 1 is 1.31 bits per heavy atom. The van der Waals surface area contributed by atoms with Crippen LogP contribution in [0, 0.1) is 0 Å². The van der Waals surface area contributed by atoms with Gasteiger partial charge in [0, 0.05) is 24.2 Å². The van der Waals surface area contributed by atoms with E-state index in [0.717, 1.165) is 17.7 Å². The highest BCUT2D eigenvalue weighted by Crippen LogP contribution is 2.19. The van der Waals surface area contributed by atoms with Gasteiger partial charge in [0.05, 0.1) is 5.69 Å². The van der Waals surface area contributed by atoms with Gasteiger partial charge in [0.2, 0.25) is 6.41 Å². The fourth-order valence-corrected chi connectivity index (χ4v) is 1.24. The minimum Gasteiger partial charge on any atom is -0.288 e. The van der Waals surface area contributed by atoms with E-state index < -0.39 is 0 Å². The predicted octanol–water partition coefficient (Wildman–Crippen LogP) is 1.55. The number of benzene rings is 1. The summed E-state index contributed by atoms with van der Waals surface area (Å²) < 4.78 is 0. The van der Waals surface area contributed by atoms with Crippen LogP contribution in [-0.2, 0) is 4.79 Å². The molecule has 64 valence electrons. The van der Waals surface area contributed by atoms with Crippen molar-refractivity contribution in [3.63, 3.8) is 0 Å². The van der Waals surface area contributed by atoms with Crippen molar-refractivity contribution in [1.82, 2.24) is 0 Å². The van der Waals surface area contributed by atoms with Gasteiger partial charge in [-0.15, -0.1) is 0 Å². The molecule has 1 amide bonds. The molecule has 0 spiro atoms. The average molecular weight is 172 g/mol. The molecule has 13 heavy (non-hydrogen) atoms. The van der Waals surface area contributed by atoms with Crippen LogP contribution in [0.4, 0.5) is 5.69 Å². The molecule has 1 aliphatic rings. The third-order valence-electron chi connectivity index (χ3n) is 1.86. The second-order valence-corrected chi connectivity index (χ2v) is 2.65. The van der Waals surface area contributed by atoms with E-state index in [0.29, 0.717) is 0 Å². The van der Waals surface area contributed by atoms with E-state index in [9.17, 15) is 4.79 Å². The van der Waals surface area contributed by atoms with Crippen molar-refractivity contribution in [1.29, 1.82) is 0 Å². The molecule has 3 heteroatoms. The van der Waals surface area contributed by atoms with Crippen molar-refractivity contribution in [2.75, 3.05) is 4.90 Å². The normalized spacial score (nSPS) is 13.7. The van der Waals surface area contributed by atoms with Crippen LogP contribution in [0.15, 0.2) is 41.7 Å². The minimum atomic E-state index is 0.768. The Bertz CT molecular complexity index is 382. The third-order valence-corrected chi connectivity index (χ3v) is 1.86. The van der Waals surface area contributed by atoms with E-state index in [1.807, 2.05) is 24.3 Å². The first-order valence-corrected chi connectivity index (χ1v) is 3.94. The highest BCUT2D eigenvalue weighted by molar-refractivity contribution is 5.94. The quantitative estimate of drug-likeness (QED) is 0.591. The van der Waals surface area contributed by atoms with Crippen LogP contribution in [0.2, 0.25) is 0 Å². The van der Waals surface area contributed by atoms with Gasteiger partial charge in [0.15, 0.2) is 0 Å². The second-order valence-electron chi connectivity index (χ2n) is 2.65. The SMILES string of the molecule is O=CN1C=CN=Cc2ccccc21. The van der Waals surface area contributed by atoms with Gasteiger partial charge in [-0.25, -0.2) is 0 Å². The van der Waals surface area contributed by atoms with Crippen LogP contribution < -0.4 is 4.90 Å². The molecule has 0 radical (unpaired) electrons. The molecule has 0 atom stereocenters. The number of carbonyl (C=O) groups excluding carboxylic acids is 1. The lowest BCUT2D eigenvalue weighted by atomic mass is 10.2. The highest BCUT2D eigenvalue weighted by Gasteiger charge is 2.06. The zero-order chi connectivity index (χ0) is 9.10. The van der Waals surface area contributed by atoms with Crippen LogP contribution in [0.3, 0.4) is 0 Å². The maximum Gasteiger partial charge on any atom is 0.218 e. The van der Waals surface area contributed by atoms with Gasteiger partial charge in [-0.1, -0.05) is 18.2 Å². The summed E-state index contributed by atoms with van der Waals surface area (Å²) in [5.41, 5.74) is 1.80. The number of rotatable bonds is 1. The van der Waals surface area contributed by atoms with E-state index >= 15 is 0 Å². The van der Waals surface area contributed by atoms with Crippen LogP contribution >= 0.6 is 0 Å². The first-order chi connectivity index (χ1) is 6.42. The molecular weight excluding hydrogens is 164 g/mol. The molecule has 3 nitrogen and oxygen atoms in total. The summed E-state index contributed by atoms with van der Waals surface area (Å²) >= 11 is 0. The molecule has 0 saturated carbocycles. The molecular formula is C10H8N2O. The van der Waals surface area contributed by atoms with E-state index in [-0.39, 0.29) is 0 Å². The van der Waals surface area contributed by atoms with Crippen molar-refractivity contribution in [2.24, 2.45) is 4.99 Å². The number of nitrogens with zero attached hydrogens (tertiary/aromatic N) is 2. The van der Waals surface area contributed by atoms with Crippen molar-refractivity contribution in [3.8, 4) is 0 Å². The van der Waals surface area contributed by atoms with Crippen molar-refractivity contribution < 1.29 is 4.79 Å². The van der Waals surface area contributed by atoms with Gasteiger partial charge in [0.25, 0.3) is 0 Å². The van der Waals surface area contributed by atoms with E-state index in [4.69, 9.17) is 0 Å². The fourth-order valence-electron chi connectivity index (χ4n) is 1.24. The fraction of sp³-hybridized carbons (Fsp3) is 0. The van der Waals surface area contributed by atoms with E-state index in [1.54, 1.807) is 18.6 Å². The number of fused-ring (bicyclic) bond motifs is 1. The molecule has 1 heterocycles. The molecule has 1 aliphatic heterocycles. The Balaban J connectivity index is 2.56. The lowest BCUT2D eigenvalue weighted by molar-refractivity contribution is -0.106. The van der Waals surface area contributed by atoms with Gasteiger partial charge < -0.3 is 0 Å². The largest absolute Gasteiger partial charge is 0.288 e.